The highest BCUT2D eigenvalue weighted by Crippen LogP contribution is 2.59. The van der Waals surface area contributed by atoms with Crippen LogP contribution in [0.1, 0.15) is 25.0 Å². The van der Waals surface area contributed by atoms with E-state index in [9.17, 15) is 0 Å². The number of aromatic nitrogens is 1. The van der Waals surface area contributed by atoms with Crippen LogP contribution in [0.4, 0.5) is 17.2 Å². The summed E-state index contributed by atoms with van der Waals surface area (Å²) in [6.07, 6.45) is 1.89. The van der Waals surface area contributed by atoms with Gasteiger partial charge in [0.25, 0.3) is 0 Å². The van der Waals surface area contributed by atoms with Gasteiger partial charge in [-0.1, -0.05) is 178 Å². The summed E-state index contributed by atoms with van der Waals surface area (Å²) in [5, 5.41) is 5.10. The van der Waals surface area contributed by atoms with Crippen LogP contribution >= 0.6 is 0 Å². The van der Waals surface area contributed by atoms with Gasteiger partial charge in [-0.15, -0.1) is 0 Å². The third-order valence-corrected chi connectivity index (χ3v) is 13.0. The zero-order chi connectivity index (χ0) is 40.0. The minimum absolute atomic E-state index is 0.117. The molecular formula is C58H40N2. The average Bonchev–Trinajstić information content (AvgIpc) is 3.75. The molecule has 12 rings (SSSR count). The minimum atomic E-state index is -0.117. The van der Waals surface area contributed by atoms with Crippen molar-refractivity contribution in [2.75, 3.05) is 4.90 Å². The SMILES string of the molecule is CC1(C)c2ccccc2-c2ccc(N(c3cccc(-c4ccc5c6c(cccc46)-c4c-5c(-c5ccccc5)c5ccccc5c4-c4ccccc4)c3)c3ccccn3)cc21. The summed E-state index contributed by atoms with van der Waals surface area (Å²) in [6, 6.07) is 73.5. The van der Waals surface area contributed by atoms with E-state index in [4.69, 9.17) is 4.98 Å². The molecule has 0 amide bonds. The van der Waals surface area contributed by atoms with E-state index in [1.807, 2.05) is 12.3 Å². The smallest absolute Gasteiger partial charge is 0.137 e. The molecule has 0 radical (unpaired) electrons. The molecule has 1 heterocycles. The fraction of sp³-hybridized carbons (Fsp3) is 0.0517. The molecule has 0 aliphatic heterocycles. The van der Waals surface area contributed by atoms with Crippen molar-refractivity contribution < 1.29 is 0 Å². The van der Waals surface area contributed by atoms with Crippen molar-refractivity contribution in [1.29, 1.82) is 0 Å². The molecule has 0 bridgehead atoms. The van der Waals surface area contributed by atoms with Crippen LogP contribution in [0.3, 0.4) is 0 Å². The first-order valence-electron chi connectivity index (χ1n) is 20.9. The minimum Gasteiger partial charge on any atom is -0.295 e. The number of rotatable bonds is 6. The topological polar surface area (TPSA) is 16.1 Å². The maximum atomic E-state index is 4.92. The highest BCUT2D eigenvalue weighted by atomic mass is 15.2. The van der Waals surface area contributed by atoms with Crippen molar-refractivity contribution in [3.63, 3.8) is 0 Å². The van der Waals surface area contributed by atoms with Gasteiger partial charge in [-0.3, -0.25) is 4.90 Å². The Balaban J connectivity index is 1.06. The Morgan fingerprint density at radius 3 is 1.62 bits per heavy atom. The largest absolute Gasteiger partial charge is 0.295 e. The Bertz CT molecular complexity index is 3240. The van der Waals surface area contributed by atoms with E-state index in [1.54, 1.807) is 0 Å². The quantitative estimate of drug-likeness (QED) is 0.168. The third kappa shape index (κ3) is 5.04. The molecule has 0 saturated carbocycles. The second kappa shape index (κ2) is 13.2. The van der Waals surface area contributed by atoms with Crippen LogP contribution in [0.15, 0.2) is 206 Å². The zero-order valence-corrected chi connectivity index (χ0v) is 33.5. The molecule has 10 aromatic rings. The van der Waals surface area contributed by atoms with Gasteiger partial charge in [0, 0.05) is 23.0 Å². The van der Waals surface area contributed by atoms with Crippen LogP contribution in [0.25, 0.3) is 88.3 Å². The molecule has 9 aromatic carbocycles. The average molecular weight is 765 g/mol. The van der Waals surface area contributed by atoms with Crippen molar-refractivity contribution in [1.82, 2.24) is 4.98 Å². The number of benzene rings is 9. The summed E-state index contributed by atoms with van der Waals surface area (Å²) in [6.45, 7) is 4.69. The van der Waals surface area contributed by atoms with Crippen molar-refractivity contribution in [2.45, 2.75) is 19.3 Å². The third-order valence-electron chi connectivity index (χ3n) is 13.0. The lowest BCUT2D eigenvalue weighted by atomic mass is 9.82. The Labute approximate surface area is 350 Å². The molecule has 0 spiro atoms. The summed E-state index contributed by atoms with van der Waals surface area (Å²) in [4.78, 5) is 7.23. The van der Waals surface area contributed by atoms with E-state index in [2.05, 4.69) is 213 Å². The molecule has 0 N–H and O–H groups in total. The summed E-state index contributed by atoms with van der Waals surface area (Å²) in [7, 11) is 0. The fourth-order valence-corrected chi connectivity index (χ4v) is 10.4. The van der Waals surface area contributed by atoms with Gasteiger partial charge in [-0.05, 0) is 136 Å². The van der Waals surface area contributed by atoms with Crippen molar-refractivity contribution in [3.05, 3.63) is 218 Å². The lowest BCUT2D eigenvalue weighted by Gasteiger charge is -2.27. The summed E-state index contributed by atoms with van der Waals surface area (Å²) in [5.41, 5.74) is 20.0. The Hall–Kier alpha value is -7.55. The van der Waals surface area contributed by atoms with Crippen molar-refractivity contribution >= 4 is 38.7 Å². The van der Waals surface area contributed by atoms with Gasteiger partial charge in [0.05, 0.1) is 0 Å². The molecule has 60 heavy (non-hydrogen) atoms. The van der Waals surface area contributed by atoms with Gasteiger partial charge in [-0.25, -0.2) is 4.98 Å². The van der Waals surface area contributed by atoms with Gasteiger partial charge in [0.2, 0.25) is 0 Å². The Morgan fingerprint density at radius 1 is 0.367 bits per heavy atom. The maximum absolute atomic E-state index is 4.92. The zero-order valence-electron chi connectivity index (χ0n) is 33.5. The van der Waals surface area contributed by atoms with Crippen molar-refractivity contribution in [2.24, 2.45) is 0 Å². The van der Waals surface area contributed by atoms with Crippen LogP contribution in [-0.2, 0) is 5.41 Å². The number of hydrogen-bond acceptors (Lipinski definition) is 2. The number of hydrogen-bond donors (Lipinski definition) is 0. The lowest BCUT2D eigenvalue weighted by molar-refractivity contribution is 0.660. The Morgan fingerprint density at radius 2 is 0.900 bits per heavy atom. The molecule has 0 atom stereocenters. The molecule has 2 heteroatoms. The fourth-order valence-electron chi connectivity index (χ4n) is 10.4. The van der Waals surface area contributed by atoms with Crippen LogP contribution in [0, 0.1) is 0 Å². The lowest BCUT2D eigenvalue weighted by Crippen LogP contribution is -2.17. The Kier molecular flexibility index (Phi) is 7.61. The van der Waals surface area contributed by atoms with Crippen LogP contribution < -0.4 is 4.90 Å². The van der Waals surface area contributed by atoms with Crippen LogP contribution in [-0.4, -0.2) is 4.98 Å². The molecule has 2 aliphatic carbocycles. The van der Waals surface area contributed by atoms with E-state index < -0.39 is 0 Å². The van der Waals surface area contributed by atoms with E-state index in [0.29, 0.717) is 0 Å². The van der Waals surface area contributed by atoms with Gasteiger partial charge in [0.1, 0.15) is 5.82 Å². The summed E-state index contributed by atoms with van der Waals surface area (Å²) < 4.78 is 0. The molecule has 0 unspecified atom stereocenters. The normalized spacial score (nSPS) is 13.0. The molecule has 2 nitrogen and oxygen atoms in total. The molecule has 2 aliphatic rings. The van der Waals surface area contributed by atoms with Gasteiger partial charge >= 0.3 is 0 Å². The highest BCUT2D eigenvalue weighted by Gasteiger charge is 2.36. The predicted molar refractivity (Wildman–Crippen MR) is 252 cm³/mol. The standard InChI is InChI=1S/C58H40N2/c1-58(2)50-28-12-11-23-43(50)44-31-30-41(36-51(44)58)60(52-29-13-14-34-59-52)40-22-15-21-39(35-40)42-32-33-49-55-45(42)26-16-27-48(55)56-53(37-17-5-3-6-18-37)46-24-9-10-25-47(46)54(57(49)56)38-19-7-4-8-20-38/h3-36H,1-2H3. The van der Waals surface area contributed by atoms with E-state index in [-0.39, 0.29) is 5.41 Å². The number of anilines is 3. The van der Waals surface area contributed by atoms with Crippen molar-refractivity contribution in [3.8, 4) is 66.8 Å². The predicted octanol–water partition coefficient (Wildman–Crippen LogP) is 15.8. The first-order valence-corrected chi connectivity index (χ1v) is 20.9. The van der Waals surface area contributed by atoms with Gasteiger partial charge < -0.3 is 0 Å². The molecule has 0 saturated heterocycles. The molecular weight excluding hydrogens is 725 g/mol. The monoisotopic (exact) mass is 764 g/mol. The molecule has 1 aromatic heterocycles. The van der Waals surface area contributed by atoms with Gasteiger partial charge in [-0.2, -0.15) is 0 Å². The first-order chi connectivity index (χ1) is 29.6. The van der Waals surface area contributed by atoms with Crippen LogP contribution in [0.2, 0.25) is 0 Å². The van der Waals surface area contributed by atoms with E-state index in [1.165, 1.54) is 99.4 Å². The number of pyridine rings is 1. The maximum Gasteiger partial charge on any atom is 0.137 e. The van der Waals surface area contributed by atoms with E-state index >= 15 is 0 Å². The van der Waals surface area contributed by atoms with Gasteiger partial charge in [0.15, 0.2) is 0 Å². The summed E-state index contributed by atoms with van der Waals surface area (Å²) >= 11 is 0. The molecule has 0 fully saturated rings. The van der Waals surface area contributed by atoms with Crippen LogP contribution in [0.5, 0.6) is 0 Å². The first kappa shape index (κ1) is 34.5. The van der Waals surface area contributed by atoms with E-state index in [0.717, 1.165) is 17.2 Å². The second-order valence-electron chi connectivity index (χ2n) is 16.6. The summed E-state index contributed by atoms with van der Waals surface area (Å²) in [5.74, 6) is 0.882. The second-order valence-corrected chi connectivity index (χ2v) is 16.6. The molecule has 282 valence electrons. The highest BCUT2D eigenvalue weighted by molar-refractivity contribution is 6.28. The number of nitrogens with zero attached hydrogens (tertiary/aromatic N) is 2. The number of fused-ring (bicyclic) bond motifs is 7.